The quantitative estimate of drug-likeness (QED) is 0.458. The summed E-state index contributed by atoms with van der Waals surface area (Å²) in [6.07, 6.45) is 3.12. The zero-order valence-electron chi connectivity index (χ0n) is 14.8. The maximum atomic E-state index is 12.3. The molecule has 0 aliphatic heterocycles. The van der Waals surface area contributed by atoms with Gasteiger partial charge >= 0.3 is 0 Å². The van der Waals surface area contributed by atoms with Crippen LogP contribution in [0.4, 0.5) is 0 Å². The molecule has 1 aliphatic rings. The van der Waals surface area contributed by atoms with Crippen molar-refractivity contribution >= 4 is 45.6 Å². The second-order valence-electron chi connectivity index (χ2n) is 6.72. The Morgan fingerprint density at radius 3 is 2.96 bits per heavy atom. The number of fused-ring (bicyclic) bond motifs is 1. The van der Waals surface area contributed by atoms with Crippen molar-refractivity contribution in [3.8, 4) is 0 Å². The first-order valence-corrected chi connectivity index (χ1v) is 11.2. The van der Waals surface area contributed by atoms with E-state index in [0.29, 0.717) is 33.5 Å². The number of hydrogen-bond donors (Lipinski definition) is 1. The van der Waals surface area contributed by atoms with Gasteiger partial charge in [0, 0.05) is 22.4 Å². The lowest BCUT2D eigenvalue weighted by Gasteiger charge is -2.08. The number of hydrogen-bond acceptors (Lipinski definition) is 6. The lowest BCUT2D eigenvalue weighted by atomic mass is 10.2. The SMILES string of the molecule is O=c1[nH]c(CSc2nnc(Cc3cccs3)n2C2CC2)nc2ccc(Cl)cc12. The molecule has 6 nitrogen and oxygen atoms in total. The Hall–Kier alpha value is -2.16. The average molecular weight is 430 g/mol. The normalized spacial score (nSPS) is 14.0. The van der Waals surface area contributed by atoms with E-state index in [9.17, 15) is 4.79 Å². The van der Waals surface area contributed by atoms with Crippen molar-refractivity contribution in [2.75, 3.05) is 0 Å². The molecule has 1 fully saturated rings. The molecule has 1 aliphatic carbocycles. The molecule has 0 unspecified atom stereocenters. The van der Waals surface area contributed by atoms with Gasteiger partial charge in [-0.15, -0.1) is 21.5 Å². The monoisotopic (exact) mass is 429 g/mol. The third kappa shape index (κ3) is 3.59. The molecule has 3 heterocycles. The van der Waals surface area contributed by atoms with Crippen LogP contribution in [-0.4, -0.2) is 24.7 Å². The molecule has 28 heavy (non-hydrogen) atoms. The van der Waals surface area contributed by atoms with Crippen molar-refractivity contribution in [3.63, 3.8) is 0 Å². The molecule has 0 radical (unpaired) electrons. The fraction of sp³-hybridized carbons (Fsp3) is 0.263. The minimum absolute atomic E-state index is 0.176. The molecule has 0 atom stereocenters. The second-order valence-corrected chi connectivity index (χ2v) is 9.13. The number of nitrogens with zero attached hydrogens (tertiary/aromatic N) is 4. The van der Waals surface area contributed by atoms with Crippen LogP contribution in [-0.2, 0) is 12.2 Å². The van der Waals surface area contributed by atoms with Gasteiger partial charge in [-0.2, -0.15) is 0 Å². The first-order chi connectivity index (χ1) is 13.7. The van der Waals surface area contributed by atoms with Crippen molar-refractivity contribution in [3.05, 3.63) is 67.6 Å². The Morgan fingerprint density at radius 1 is 1.29 bits per heavy atom. The number of thioether (sulfide) groups is 1. The molecule has 0 spiro atoms. The third-order valence-corrected chi connectivity index (χ3v) is 6.68. The second kappa shape index (κ2) is 7.35. The van der Waals surface area contributed by atoms with Crippen LogP contribution in [0.3, 0.4) is 0 Å². The van der Waals surface area contributed by atoms with Gasteiger partial charge in [0.2, 0.25) is 0 Å². The van der Waals surface area contributed by atoms with Crippen molar-refractivity contribution in [2.45, 2.75) is 36.2 Å². The summed E-state index contributed by atoms with van der Waals surface area (Å²) in [6, 6.07) is 9.82. The van der Waals surface area contributed by atoms with Gasteiger partial charge in [0.15, 0.2) is 5.16 Å². The van der Waals surface area contributed by atoms with E-state index in [1.165, 1.54) is 4.88 Å². The summed E-state index contributed by atoms with van der Waals surface area (Å²) in [5.74, 6) is 2.15. The first kappa shape index (κ1) is 17.9. The Bertz CT molecular complexity index is 1200. The smallest absolute Gasteiger partial charge is 0.258 e. The van der Waals surface area contributed by atoms with Crippen molar-refractivity contribution in [2.24, 2.45) is 0 Å². The Morgan fingerprint density at radius 2 is 2.18 bits per heavy atom. The summed E-state index contributed by atoms with van der Waals surface area (Å²) in [7, 11) is 0. The summed E-state index contributed by atoms with van der Waals surface area (Å²) < 4.78 is 2.25. The topological polar surface area (TPSA) is 76.5 Å². The van der Waals surface area contributed by atoms with Gasteiger partial charge in [-0.05, 0) is 42.5 Å². The van der Waals surface area contributed by atoms with Gasteiger partial charge in [-0.1, -0.05) is 29.4 Å². The first-order valence-electron chi connectivity index (χ1n) is 8.95. The summed E-state index contributed by atoms with van der Waals surface area (Å²) in [5.41, 5.74) is 0.468. The molecule has 1 N–H and O–H groups in total. The molecule has 5 rings (SSSR count). The number of aromatic amines is 1. The van der Waals surface area contributed by atoms with Crippen LogP contribution in [0.1, 0.15) is 35.4 Å². The Kier molecular flexibility index (Phi) is 4.70. The van der Waals surface area contributed by atoms with E-state index in [4.69, 9.17) is 11.6 Å². The highest BCUT2D eigenvalue weighted by molar-refractivity contribution is 7.98. The van der Waals surface area contributed by atoms with Crippen LogP contribution in [0.15, 0.2) is 45.7 Å². The van der Waals surface area contributed by atoms with Crippen LogP contribution in [0, 0.1) is 0 Å². The minimum Gasteiger partial charge on any atom is -0.309 e. The van der Waals surface area contributed by atoms with Crippen molar-refractivity contribution in [1.29, 1.82) is 0 Å². The fourth-order valence-electron chi connectivity index (χ4n) is 3.16. The van der Waals surface area contributed by atoms with E-state index in [-0.39, 0.29) is 5.56 Å². The number of H-pyrrole nitrogens is 1. The van der Waals surface area contributed by atoms with Crippen molar-refractivity contribution in [1.82, 2.24) is 24.7 Å². The number of benzene rings is 1. The van der Waals surface area contributed by atoms with Crippen LogP contribution in [0.5, 0.6) is 0 Å². The van der Waals surface area contributed by atoms with E-state index in [1.807, 2.05) is 0 Å². The largest absolute Gasteiger partial charge is 0.309 e. The van der Waals surface area contributed by atoms with Gasteiger partial charge in [-0.25, -0.2) is 4.98 Å². The Balaban J connectivity index is 1.39. The molecular formula is C19H16ClN5OS2. The molecule has 0 bridgehead atoms. The van der Waals surface area contributed by atoms with E-state index >= 15 is 0 Å². The van der Waals surface area contributed by atoms with E-state index < -0.39 is 0 Å². The van der Waals surface area contributed by atoms with E-state index in [1.54, 1.807) is 41.3 Å². The molecule has 1 aromatic carbocycles. The lowest BCUT2D eigenvalue weighted by Crippen LogP contribution is -2.11. The van der Waals surface area contributed by atoms with E-state index in [2.05, 4.69) is 42.2 Å². The van der Waals surface area contributed by atoms with Crippen LogP contribution >= 0.6 is 34.7 Å². The van der Waals surface area contributed by atoms with Crippen molar-refractivity contribution < 1.29 is 0 Å². The summed E-state index contributed by atoms with van der Waals surface area (Å²) in [4.78, 5) is 21.0. The number of thiophene rings is 1. The summed E-state index contributed by atoms with van der Waals surface area (Å²) in [5, 5.41) is 12.8. The van der Waals surface area contributed by atoms with Gasteiger partial charge in [0.1, 0.15) is 11.6 Å². The highest BCUT2D eigenvalue weighted by atomic mass is 35.5. The number of aromatic nitrogens is 5. The van der Waals surface area contributed by atoms with Gasteiger partial charge in [0.25, 0.3) is 5.56 Å². The summed E-state index contributed by atoms with van der Waals surface area (Å²) >= 11 is 9.27. The molecule has 0 amide bonds. The van der Waals surface area contributed by atoms with Crippen LogP contribution in [0.2, 0.25) is 5.02 Å². The Labute approximate surface area is 174 Å². The van der Waals surface area contributed by atoms with Crippen LogP contribution < -0.4 is 5.56 Å². The highest BCUT2D eigenvalue weighted by Gasteiger charge is 2.29. The molecular weight excluding hydrogens is 414 g/mol. The molecule has 1 saturated carbocycles. The summed E-state index contributed by atoms with van der Waals surface area (Å²) in [6.45, 7) is 0. The van der Waals surface area contributed by atoms with Crippen LogP contribution in [0.25, 0.3) is 10.9 Å². The predicted octanol–water partition coefficient (Wildman–Crippen LogP) is 4.45. The highest BCUT2D eigenvalue weighted by Crippen LogP contribution is 2.39. The fourth-order valence-corrected chi connectivity index (χ4v) is 4.92. The number of rotatable bonds is 6. The number of halogens is 1. The predicted molar refractivity (Wildman–Crippen MR) is 112 cm³/mol. The average Bonchev–Trinajstić information content (AvgIpc) is 3.23. The lowest BCUT2D eigenvalue weighted by molar-refractivity contribution is 0.635. The minimum atomic E-state index is -0.176. The van der Waals surface area contributed by atoms with E-state index in [0.717, 1.165) is 30.2 Å². The van der Waals surface area contributed by atoms with Gasteiger partial charge in [-0.3, -0.25) is 4.79 Å². The number of nitrogens with one attached hydrogen (secondary N) is 1. The molecule has 0 saturated heterocycles. The standard InChI is InChI=1S/C19H16ClN5OS2/c20-11-3-6-15-14(8-11)18(26)22-16(21-15)10-28-19-24-23-17(25(19)12-4-5-12)9-13-2-1-7-27-13/h1-3,6-8,12H,4-5,9-10H2,(H,21,22,26). The van der Waals surface area contributed by atoms with Gasteiger partial charge in [0.05, 0.1) is 16.7 Å². The molecule has 4 aromatic rings. The van der Waals surface area contributed by atoms with Gasteiger partial charge < -0.3 is 9.55 Å². The molecule has 3 aromatic heterocycles. The molecule has 142 valence electrons. The maximum Gasteiger partial charge on any atom is 0.258 e. The third-order valence-electron chi connectivity index (χ3n) is 4.61. The zero-order valence-corrected chi connectivity index (χ0v) is 17.2. The zero-order chi connectivity index (χ0) is 19.1. The maximum absolute atomic E-state index is 12.3. The molecule has 9 heteroatoms.